The van der Waals surface area contributed by atoms with Gasteiger partial charge in [0.2, 0.25) is 0 Å². The first-order valence-electron chi connectivity index (χ1n) is 9.11. The molecule has 5 unspecified atom stereocenters. The van der Waals surface area contributed by atoms with Gasteiger partial charge in [-0.15, -0.1) is 0 Å². The number of cyclic esters (lactones) is 1. The highest BCUT2D eigenvalue weighted by Gasteiger charge is 2.56. The lowest BCUT2D eigenvalue weighted by Gasteiger charge is -2.28. The predicted molar refractivity (Wildman–Crippen MR) is 90.9 cm³/mol. The van der Waals surface area contributed by atoms with Gasteiger partial charge in [-0.1, -0.05) is 43.4 Å². The highest BCUT2D eigenvalue weighted by atomic mass is 16.6. The molecule has 0 aromatic heterocycles. The zero-order valence-electron chi connectivity index (χ0n) is 14.0. The Bertz CT molecular complexity index is 491. The fraction of sp³-hybridized carbons (Fsp3) is 0.650. The largest absolute Gasteiger partial charge is 0.462 e. The van der Waals surface area contributed by atoms with E-state index in [2.05, 4.69) is 43.4 Å². The molecule has 0 bridgehead atoms. The maximum absolute atomic E-state index is 12.1. The molecule has 0 aromatic rings. The van der Waals surface area contributed by atoms with E-state index in [1.54, 1.807) is 0 Å². The number of hydrogen-bond acceptors (Lipinski definition) is 3. The molecular formula is C20H28O3. The Hall–Kier alpha value is -1.35. The molecule has 3 nitrogen and oxygen atoms in total. The molecule has 5 atom stereocenters. The fourth-order valence-corrected chi connectivity index (χ4v) is 3.87. The van der Waals surface area contributed by atoms with Gasteiger partial charge in [-0.05, 0) is 38.5 Å². The van der Waals surface area contributed by atoms with Gasteiger partial charge in [-0.3, -0.25) is 4.79 Å². The van der Waals surface area contributed by atoms with Crippen LogP contribution in [0.3, 0.4) is 0 Å². The van der Waals surface area contributed by atoms with Gasteiger partial charge >= 0.3 is 5.97 Å². The average molecular weight is 316 g/mol. The summed E-state index contributed by atoms with van der Waals surface area (Å²) in [7, 11) is 0. The third-order valence-corrected chi connectivity index (χ3v) is 5.15. The van der Waals surface area contributed by atoms with Crippen molar-refractivity contribution < 1.29 is 14.3 Å². The molecule has 0 amide bonds. The number of fused-ring (bicyclic) bond motifs is 3. The average Bonchev–Trinajstić information content (AvgIpc) is 3.23. The molecule has 3 rings (SSSR count). The summed E-state index contributed by atoms with van der Waals surface area (Å²) in [5.74, 6) is 0.779. The summed E-state index contributed by atoms with van der Waals surface area (Å²) in [4.78, 5) is 12.1. The zero-order valence-corrected chi connectivity index (χ0v) is 14.0. The number of ether oxygens (including phenoxy) is 2. The summed E-state index contributed by atoms with van der Waals surface area (Å²) in [6.07, 6.45) is 20.3. The first kappa shape index (κ1) is 16.5. The summed E-state index contributed by atoms with van der Waals surface area (Å²) >= 11 is 0. The number of hydrogen-bond donors (Lipinski definition) is 0. The molecule has 2 heterocycles. The minimum absolute atomic E-state index is 0.0348. The Labute approximate surface area is 139 Å². The van der Waals surface area contributed by atoms with Crippen LogP contribution < -0.4 is 0 Å². The van der Waals surface area contributed by atoms with Crippen LogP contribution in [0.5, 0.6) is 0 Å². The Kier molecular flexibility index (Phi) is 5.71. The minimum atomic E-state index is -0.0403. The molecule has 126 valence electrons. The third-order valence-electron chi connectivity index (χ3n) is 5.15. The Morgan fingerprint density at radius 2 is 1.91 bits per heavy atom. The van der Waals surface area contributed by atoms with Crippen molar-refractivity contribution in [2.75, 3.05) is 0 Å². The van der Waals surface area contributed by atoms with Crippen molar-refractivity contribution in [1.82, 2.24) is 0 Å². The lowest BCUT2D eigenvalue weighted by molar-refractivity contribution is -0.153. The Balaban J connectivity index is 1.69. The van der Waals surface area contributed by atoms with Crippen LogP contribution in [0.1, 0.15) is 51.9 Å². The highest BCUT2D eigenvalue weighted by Crippen LogP contribution is 2.49. The van der Waals surface area contributed by atoms with Gasteiger partial charge in [0.05, 0.1) is 12.2 Å². The van der Waals surface area contributed by atoms with Crippen molar-refractivity contribution in [3.63, 3.8) is 0 Å². The topological polar surface area (TPSA) is 38.8 Å². The van der Waals surface area contributed by atoms with E-state index in [1.165, 1.54) is 0 Å². The predicted octanol–water partition coefficient (Wildman–Crippen LogP) is 4.34. The van der Waals surface area contributed by atoms with E-state index in [9.17, 15) is 4.79 Å². The number of rotatable bonds is 1. The molecular weight excluding hydrogens is 288 g/mol. The second kappa shape index (κ2) is 7.96. The normalized spacial score (nSPS) is 42.1. The summed E-state index contributed by atoms with van der Waals surface area (Å²) in [6.45, 7) is 2.12. The van der Waals surface area contributed by atoms with Crippen LogP contribution in [0.2, 0.25) is 0 Å². The highest BCUT2D eigenvalue weighted by molar-refractivity contribution is 5.69. The quantitative estimate of drug-likeness (QED) is 0.410. The maximum atomic E-state index is 12.1. The Morgan fingerprint density at radius 1 is 1.13 bits per heavy atom. The number of esters is 1. The van der Waals surface area contributed by atoms with Crippen LogP contribution in [0, 0.1) is 11.8 Å². The number of carbonyl (C=O) groups excluding carboxylic acids is 1. The molecule has 1 saturated heterocycles. The summed E-state index contributed by atoms with van der Waals surface area (Å²) in [6, 6.07) is 0. The van der Waals surface area contributed by atoms with Crippen molar-refractivity contribution in [3.05, 3.63) is 36.5 Å². The van der Waals surface area contributed by atoms with E-state index in [1.807, 2.05) is 0 Å². The minimum Gasteiger partial charge on any atom is -0.462 e. The monoisotopic (exact) mass is 316 g/mol. The third kappa shape index (κ3) is 4.35. The van der Waals surface area contributed by atoms with Crippen molar-refractivity contribution in [2.24, 2.45) is 11.8 Å². The molecule has 0 spiro atoms. The van der Waals surface area contributed by atoms with Crippen LogP contribution in [-0.4, -0.2) is 24.3 Å². The van der Waals surface area contributed by atoms with Gasteiger partial charge < -0.3 is 9.47 Å². The summed E-state index contributed by atoms with van der Waals surface area (Å²) in [5.41, 5.74) is 0. The SMILES string of the molecule is CCC1OC(=O)CCC/C=C\C/C=C/C/C=C/C2C1CC1OC12. The van der Waals surface area contributed by atoms with Crippen LogP contribution in [-0.2, 0) is 14.3 Å². The maximum Gasteiger partial charge on any atom is 0.306 e. The van der Waals surface area contributed by atoms with E-state index >= 15 is 0 Å². The second-order valence-corrected chi connectivity index (χ2v) is 6.79. The van der Waals surface area contributed by atoms with Crippen molar-refractivity contribution in [2.45, 2.75) is 70.2 Å². The number of epoxide rings is 1. The molecule has 3 aliphatic rings. The molecule has 0 aromatic carbocycles. The van der Waals surface area contributed by atoms with Crippen molar-refractivity contribution in [3.8, 4) is 0 Å². The second-order valence-electron chi connectivity index (χ2n) is 6.79. The summed E-state index contributed by atoms with van der Waals surface area (Å²) < 4.78 is 11.5. The van der Waals surface area contributed by atoms with Gasteiger partial charge in [0.1, 0.15) is 6.10 Å². The lowest BCUT2D eigenvalue weighted by Crippen LogP contribution is -2.31. The van der Waals surface area contributed by atoms with Crippen molar-refractivity contribution >= 4 is 5.97 Å². The zero-order chi connectivity index (χ0) is 16.1. The smallest absolute Gasteiger partial charge is 0.306 e. The first-order valence-corrected chi connectivity index (χ1v) is 9.11. The van der Waals surface area contributed by atoms with E-state index in [0.717, 1.165) is 38.5 Å². The molecule has 0 radical (unpaired) electrons. The van der Waals surface area contributed by atoms with Gasteiger partial charge in [0.25, 0.3) is 0 Å². The molecule has 2 aliphatic heterocycles. The van der Waals surface area contributed by atoms with Gasteiger partial charge in [0.15, 0.2) is 0 Å². The van der Waals surface area contributed by atoms with Crippen LogP contribution in [0.4, 0.5) is 0 Å². The summed E-state index contributed by atoms with van der Waals surface area (Å²) in [5, 5.41) is 0. The molecule has 3 heteroatoms. The lowest BCUT2D eigenvalue weighted by atomic mass is 9.87. The number of allylic oxidation sites excluding steroid dienone is 5. The molecule has 23 heavy (non-hydrogen) atoms. The first-order chi connectivity index (χ1) is 11.3. The van der Waals surface area contributed by atoms with E-state index in [4.69, 9.17) is 9.47 Å². The van der Waals surface area contributed by atoms with E-state index in [-0.39, 0.29) is 12.1 Å². The molecule has 1 aliphatic carbocycles. The Morgan fingerprint density at radius 3 is 2.74 bits per heavy atom. The van der Waals surface area contributed by atoms with Gasteiger partial charge in [-0.25, -0.2) is 0 Å². The molecule has 2 fully saturated rings. The number of carbonyl (C=O) groups is 1. The van der Waals surface area contributed by atoms with Crippen LogP contribution in [0.15, 0.2) is 36.5 Å². The fourth-order valence-electron chi connectivity index (χ4n) is 3.87. The standard InChI is InChI=1S/C20H28O3/c1-2-17-16-14-18-20(23-18)15(16)12-10-8-6-4-3-5-7-9-11-13-19(21)22-17/h4-7,10,12,15-18,20H,2-3,8-9,11,13-14H2,1H3/b6-4+,7-5-,12-10+. The van der Waals surface area contributed by atoms with Crippen LogP contribution in [0.25, 0.3) is 0 Å². The molecule has 1 saturated carbocycles. The van der Waals surface area contributed by atoms with Gasteiger partial charge in [0, 0.05) is 18.3 Å². The van der Waals surface area contributed by atoms with Crippen molar-refractivity contribution in [1.29, 1.82) is 0 Å². The van der Waals surface area contributed by atoms with Crippen LogP contribution >= 0.6 is 0 Å². The molecule has 0 N–H and O–H groups in total. The van der Waals surface area contributed by atoms with E-state index < -0.39 is 0 Å². The van der Waals surface area contributed by atoms with Gasteiger partial charge in [-0.2, -0.15) is 0 Å². The van der Waals surface area contributed by atoms with E-state index in [0.29, 0.717) is 30.5 Å².